The third-order valence-corrected chi connectivity index (χ3v) is 5.38. The van der Waals surface area contributed by atoms with E-state index in [9.17, 15) is 18.4 Å². The highest BCUT2D eigenvalue weighted by molar-refractivity contribution is 5.94. The van der Waals surface area contributed by atoms with Crippen LogP contribution in [-0.4, -0.2) is 59.1 Å². The Morgan fingerprint density at radius 3 is 2.76 bits per heavy atom. The van der Waals surface area contributed by atoms with E-state index in [0.717, 1.165) is 24.6 Å². The van der Waals surface area contributed by atoms with Gasteiger partial charge < -0.3 is 10.6 Å². The maximum absolute atomic E-state index is 13.7. The van der Waals surface area contributed by atoms with Gasteiger partial charge in [0, 0.05) is 49.9 Å². The lowest BCUT2D eigenvalue weighted by Gasteiger charge is -2.25. The Morgan fingerprint density at radius 1 is 1.21 bits per heavy atom. The van der Waals surface area contributed by atoms with Gasteiger partial charge in [0.25, 0.3) is 5.91 Å². The molecule has 0 saturated carbocycles. The molecule has 29 heavy (non-hydrogen) atoms. The van der Waals surface area contributed by atoms with E-state index in [1.807, 2.05) is 13.1 Å². The number of hydrogen-bond acceptors (Lipinski definition) is 4. The molecular weight excluding hydrogens is 380 g/mol. The molecule has 2 heterocycles. The lowest BCUT2D eigenvalue weighted by Crippen LogP contribution is -2.42. The topological polar surface area (TPSA) is 90.1 Å². The zero-order valence-electron chi connectivity index (χ0n) is 16.3. The van der Waals surface area contributed by atoms with Crippen LogP contribution in [0.5, 0.6) is 0 Å². The van der Waals surface area contributed by atoms with Gasteiger partial charge in [-0.2, -0.15) is 5.10 Å². The minimum absolute atomic E-state index is 0.0205. The summed E-state index contributed by atoms with van der Waals surface area (Å²) in [5.74, 6) is -2.85. The summed E-state index contributed by atoms with van der Waals surface area (Å²) >= 11 is 0. The molecule has 1 aliphatic heterocycles. The number of nitrogens with zero attached hydrogens (tertiary/aromatic N) is 2. The summed E-state index contributed by atoms with van der Waals surface area (Å²) in [4.78, 5) is 26.4. The number of carbonyl (C=O) groups is 2. The summed E-state index contributed by atoms with van der Waals surface area (Å²) < 4.78 is 27.0. The van der Waals surface area contributed by atoms with Crippen LogP contribution in [0.1, 0.15) is 35.3 Å². The Hall–Kier alpha value is -2.81. The highest BCUT2D eigenvalue weighted by atomic mass is 19.2. The van der Waals surface area contributed by atoms with Crippen molar-refractivity contribution in [3.05, 3.63) is 53.4 Å². The van der Waals surface area contributed by atoms with Crippen molar-refractivity contribution in [3.63, 3.8) is 0 Å². The summed E-state index contributed by atoms with van der Waals surface area (Å²) in [6, 6.07) is 5.51. The second-order valence-corrected chi connectivity index (χ2v) is 7.25. The monoisotopic (exact) mass is 405 g/mol. The average molecular weight is 405 g/mol. The molecule has 2 aromatic rings. The number of benzene rings is 1. The normalized spacial score (nSPS) is 19.3. The zero-order valence-corrected chi connectivity index (χ0v) is 16.3. The summed E-state index contributed by atoms with van der Waals surface area (Å²) in [6.45, 7) is 0.847. The van der Waals surface area contributed by atoms with E-state index in [1.165, 1.54) is 12.1 Å². The summed E-state index contributed by atoms with van der Waals surface area (Å²) in [6.07, 6.45) is 4.39. The third-order valence-electron chi connectivity index (χ3n) is 5.38. The number of likely N-dealkylation sites (tertiary alicyclic amines) is 1. The zero-order chi connectivity index (χ0) is 20.8. The van der Waals surface area contributed by atoms with Crippen LogP contribution in [-0.2, 0) is 11.2 Å². The van der Waals surface area contributed by atoms with Gasteiger partial charge in [0.2, 0.25) is 5.91 Å². The van der Waals surface area contributed by atoms with Crippen LogP contribution < -0.4 is 10.6 Å². The maximum atomic E-state index is 13.7. The number of aromatic nitrogens is 2. The fourth-order valence-electron chi connectivity index (χ4n) is 3.61. The number of likely N-dealkylation sites (N-methyl/N-ethyl adjacent to an activating group) is 1. The van der Waals surface area contributed by atoms with Gasteiger partial charge in [0.05, 0.1) is 5.56 Å². The van der Waals surface area contributed by atoms with Crippen molar-refractivity contribution in [2.24, 2.45) is 0 Å². The molecular formula is C20H25F2N5O2. The highest BCUT2D eigenvalue weighted by Gasteiger charge is 2.32. The number of halogens is 2. The Kier molecular flexibility index (Phi) is 6.92. The number of rotatable bonds is 8. The van der Waals surface area contributed by atoms with Crippen molar-refractivity contribution in [2.45, 2.75) is 37.8 Å². The van der Waals surface area contributed by atoms with Crippen molar-refractivity contribution in [2.75, 3.05) is 20.1 Å². The molecule has 9 heteroatoms. The first-order valence-corrected chi connectivity index (χ1v) is 9.64. The van der Waals surface area contributed by atoms with Gasteiger partial charge in [0.1, 0.15) is 0 Å². The predicted octanol–water partition coefficient (Wildman–Crippen LogP) is 1.63. The number of nitrogens with one attached hydrogen (secondary N) is 3. The molecule has 0 bridgehead atoms. The molecule has 1 aliphatic rings. The maximum Gasteiger partial charge on any atom is 0.254 e. The van der Waals surface area contributed by atoms with Gasteiger partial charge in [-0.1, -0.05) is 6.07 Å². The van der Waals surface area contributed by atoms with E-state index in [2.05, 4.69) is 25.7 Å². The largest absolute Gasteiger partial charge is 0.356 e. The Morgan fingerprint density at radius 2 is 2.00 bits per heavy atom. The molecule has 0 unspecified atom stereocenters. The minimum Gasteiger partial charge on any atom is -0.356 e. The third kappa shape index (κ3) is 5.38. The first-order valence-electron chi connectivity index (χ1n) is 9.64. The van der Waals surface area contributed by atoms with E-state index in [1.54, 1.807) is 6.20 Å². The molecule has 0 aliphatic carbocycles. The molecule has 0 spiro atoms. The van der Waals surface area contributed by atoms with Crippen molar-refractivity contribution in [1.82, 2.24) is 25.7 Å². The van der Waals surface area contributed by atoms with Gasteiger partial charge in [-0.15, -0.1) is 0 Å². The van der Waals surface area contributed by atoms with Crippen LogP contribution in [0.3, 0.4) is 0 Å². The van der Waals surface area contributed by atoms with Gasteiger partial charge in [-0.25, -0.2) is 8.78 Å². The van der Waals surface area contributed by atoms with Crippen LogP contribution in [0.2, 0.25) is 0 Å². The molecule has 2 atom stereocenters. The van der Waals surface area contributed by atoms with Crippen LogP contribution in [0.25, 0.3) is 0 Å². The van der Waals surface area contributed by atoms with Crippen LogP contribution >= 0.6 is 0 Å². The second-order valence-electron chi connectivity index (χ2n) is 7.25. The van der Waals surface area contributed by atoms with E-state index in [0.29, 0.717) is 25.9 Å². The lowest BCUT2D eigenvalue weighted by molar-refractivity contribution is -0.122. The molecule has 1 aromatic heterocycles. The standard InChI is InChI=1S/C20H25F2N5O2/c1-27-14(11-18(28)23-9-7-13-8-10-25-26-13)5-6-15(27)12-24-20(29)16-3-2-4-17(21)19(16)22/h2-4,8,10,14-15H,5-7,9,11-12H2,1H3,(H,23,28)(H,24,29)(H,25,26)/t14-,15+/m1/s1. The fourth-order valence-corrected chi connectivity index (χ4v) is 3.61. The van der Waals surface area contributed by atoms with Crippen molar-refractivity contribution in [1.29, 1.82) is 0 Å². The molecule has 3 N–H and O–H groups in total. The number of aromatic amines is 1. The number of amides is 2. The lowest BCUT2D eigenvalue weighted by atomic mass is 10.1. The Labute approximate surface area is 167 Å². The minimum atomic E-state index is -1.14. The van der Waals surface area contributed by atoms with E-state index < -0.39 is 17.5 Å². The smallest absolute Gasteiger partial charge is 0.254 e. The molecule has 1 saturated heterocycles. The Balaban J connectivity index is 1.42. The quantitative estimate of drug-likeness (QED) is 0.623. The van der Waals surface area contributed by atoms with E-state index in [4.69, 9.17) is 0 Å². The molecule has 0 radical (unpaired) electrons. The Bertz CT molecular complexity index is 843. The number of carbonyl (C=O) groups excluding carboxylic acids is 2. The van der Waals surface area contributed by atoms with Crippen molar-refractivity contribution in [3.8, 4) is 0 Å². The molecule has 3 rings (SSSR count). The number of H-pyrrole nitrogens is 1. The molecule has 1 fully saturated rings. The van der Waals surface area contributed by atoms with Gasteiger partial charge in [0.15, 0.2) is 11.6 Å². The van der Waals surface area contributed by atoms with Gasteiger partial charge in [-0.05, 0) is 38.1 Å². The van der Waals surface area contributed by atoms with Gasteiger partial charge >= 0.3 is 0 Å². The highest BCUT2D eigenvalue weighted by Crippen LogP contribution is 2.24. The summed E-state index contributed by atoms with van der Waals surface area (Å²) in [7, 11) is 1.91. The van der Waals surface area contributed by atoms with Gasteiger partial charge in [-0.3, -0.25) is 19.6 Å². The van der Waals surface area contributed by atoms with E-state index in [-0.39, 0.29) is 23.6 Å². The molecule has 2 amide bonds. The number of hydrogen-bond donors (Lipinski definition) is 3. The average Bonchev–Trinajstić information content (AvgIpc) is 3.33. The first-order chi connectivity index (χ1) is 14.0. The fraction of sp³-hybridized carbons (Fsp3) is 0.450. The van der Waals surface area contributed by atoms with Crippen LogP contribution in [0.15, 0.2) is 30.5 Å². The summed E-state index contributed by atoms with van der Waals surface area (Å²) in [5.41, 5.74) is 0.660. The second kappa shape index (κ2) is 9.60. The van der Waals surface area contributed by atoms with Crippen molar-refractivity contribution < 1.29 is 18.4 Å². The van der Waals surface area contributed by atoms with Crippen LogP contribution in [0.4, 0.5) is 8.78 Å². The predicted molar refractivity (Wildman–Crippen MR) is 103 cm³/mol. The summed E-state index contributed by atoms with van der Waals surface area (Å²) in [5, 5.41) is 12.3. The molecule has 1 aromatic carbocycles. The molecule has 7 nitrogen and oxygen atoms in total. The SMILES string of the molecule is CN1[C@@H](CC(=O)NCCc2ccn[nH]2)CC[C@H]1CNC(=O)c1cccc(F)c1F. The molecule has 156 valence electrons. The van der Waals surface area contributed by atoms with E-state index >= 15 is 0 Å². The van der Waals surface area contributed by atoms with Crippen molar-refractivity contribution >= 4 is 11.8 Å². The first kappa shape index (κ1) is 20.9. The van der Waals surface area contributed by atoms with Crippen LogP contribution in [0, 0.1) is 11.6 Å².